The molecular weight excluding hydrogens is 286 g/mol. The Labute approximate surface area is 128 Å². The van der Waals surface area contributed by atoms with Crippen molar-refractivity contribution in [3.05, 3.63) is 29.7 Å². The quantitative estimate of drug-likeness (QED) is 0.897. The van der Waals surface area contributed by atoms with Gasteiger partial charge in [-0.25, -0.2) is 0 Å². The maximum atomic E-state index is 12.4. The van der Waals surface area contributed by atoms with Crippen molar-refractivity contribution in [1.29, 1.82) is 0 Å². The molecule has 0 unspecified atom stereocenters. The number of hydrogen-bond donors (Lipinski definition) is 1. The lowest BCUT2D eigenvalue weighted by Crippen LogP contribution is -2.41. The van der Waals surface area contributed by atoms with Crippen LogP contribution < -0.4 is 5.32 Å². The van der Waals surface area contributed by atoms with Gasteiger partial charge in [0.05, 0.1) is 19.5 Å². The fraction of sp³-hybridized carbons (Fsp3) is 0.467. The number of ether oxygens (including phenoxy) is 1. The molecule has 0 aromatic carbocycles. The summed E-state index contributed by atoms with van der Waals surface area (Å²) in [6.07, 6.45) is 1.54. The van der Waals surface area contributed by atoms with E-state index in [-0.39, 0.29) is 5.91 Å². The summed E-state index contributed by atoms with van der Waals surface area (Å²) in [6, 6.07) is 3.50. The normalized spacial score (nSPS) is 15.9. The third-order valence-electron chi connectivity index (χ3n) is 3.66. The molecule has 0 atom stereocenters. The van der Waals surface area contributed by atoms with Crippen LogP contribution in [0.4, 0.5) is 0 Å². The maximum absolute atomic E-state index is 12.4. The van der Waals surface area contributed by atoms with Crippen molar-refractivity contribution in [3.8, 4) is 11.5 Å². The highest BCUT2D eigenvalue weighted by molar-refractivity contribution is 6.00. The van der Waals surface area contributed by atoms with Crippen LogP contribution >= 0.6 is 0 Å². The first-order valence-electron chi connectivity index (χ1n) is 7.34. The lowest BCUT2D eigenvalue weighted by molar-refractivity contribution is 0.0383. The Hall–Kier alpha value is -2.12. The van der Waals surface area contributed by atoms with Crippen LogP contribution in [0.1, 0.15) is 16.1 Å². The van der Waals surface area contributed by atoms with Crippen molar-refractivity contribution >= 4 is 5.91 Å². The Kier molecular flexibility index (Phi) is 4.55. The van der Waals surface area contributed by atoms with Crippen LogP contribution in [0.25, 0.3) is 11.5 Å². The van der Waals surface area contributed by atoms with Crippen LogP contribution in [-0.4, -0.2) is 55.4 Å². The Morgan fingerprint density at radius 3 is 2.95 bits per heavy atom. The third-order valence-corrected chi connectivity index (χ3v) is 3.66. The highest BCUT2D eigenvalue weighted by atomic mass is 16.5. The van der Waals surface area contributed by atoms with Crippen LogP contribution in [0.2, 0.25) is 0 Å². The molecule has 22 heavy (non-hydrogen) atoms. The second-order valence-electron chi connectivity index (χ2n) is 5.15. The first-order chi connectivity index (χ1) is 10.8. The van der Waals surface area contributed by atoms with Crippen molar-refractivity contribution in [2.45, 2.75) is 6.92 Å². The van der Waals surface area contributed by atoms with Crippen LogP contribution in [0.3, 0.4) is 0 Å². The van der Waals surface area contributed by atoms with Gasteiger partial charge < -0.3 is 19.0 Å². The summed E-state index contributed by atoms with van der Waals surface area (Å²) in [7, 11) is 0. The van der Waals surface area contributed by atoms with E-state index in [1.165, 1.54) is 0 Å². The van der Waals surface area contributed by atoms with E-state index < -0.39 is 0 Å². The average molecular weight is 305 g/mol. The molecule has 1 fully saturated rings. The van der Waals surface area contributed by atoms with E-state index in [1.54, 1.807) is 25.3 Å². The maximum Gasteiger partial charge on any atom is 0.257 e. The smallest absolute Gasteiger partial charge is 0.257 e. The molecule has 2 aromatic heterocycles. The number of carbonyl (C=O) groups is 1. The molecule has 0 spiro atoms. The molecule has 1 aliphatic rings. The number of hydrogen-bond acceptors (Lipinski definition) is 6. The molecule has 7 nitrogen and oxygen atoms in total. The molecule has 118 valence electrons. The molecule has 3 rings (SSSR count). The number of morpholine rings is 1. The molecule has 1 saturated heterocycles. The fourth-order valence-electron chi connectivity index (χ4n) is 2.46. The summed E-state index contributed by atoms with van der Waals surface area (Å²) < 4.78 is 15.7. The third kappa shape index (κ3) is 3.20. The largest absolute Gasteiger partial charge is 0.463 e. The van der Waals surface area contributed by atoms with E-state index >= 15 is 0 Å². The van der Waals surface area contributed by atoms with Crippen LogP contribution in [0, 0.1) is 6.92 Å². The molecule has 0 saturated carbocycles. The molecule has 3 heterocycles. The minimum atomic E-state index is -0.196. The summed E-state index contributed by atoms with van der Waals surface area (Å²) in [5.74, 6) is 0.809. The van der Waals surface area contributed by atoms with Crippen molar-refractivity contribution < 1.29 is 18.5 Å². The second-order valence-corrected chi connectivity index (χ2v) is 5.15. The minimum absolute atomic E-state index is 0.196. The van der Waals surface area contributed by atoms with Gasteiger partial charge >= 0.3 is 0 Å². The predicted octanol–water partition coefficient (Wildman–Crippen LogP) is 1.31. The number of carbonyl (C=O) groups excluding carboxylic acids is 1. The summed E-state index contributed by atoms with van der Waals surface area (Å²) >= 11 is 0. The van der Waals surface area contributed by atoms with Gasteiger partial charge in [0.1, 0.15) is 11.3 Å². The number of nitrogens with zero attached hydrogens (tertiary/aromatic N) is 2. The van der Waals surface area contributed by atoms with E-state index in [0.29, 0.717) is 29.3 Å². The van der Waals surface area contributed by atoms with Gasteiger partial charge in [-0.3, -0.25) is 9.69 Å². The standard InChI is InChI=1S/C15H19N3O4/c1-11-13(14(17-22-11)12-3-2-8-21-12)15(19)16-4-5-18-6-9-20-10-7-18/h2-3,8H,4-7,9-10H2,1H3,(H,16,19). The Morgan fingerprint density at radius 1 is 1.41 bits per heavy atom. The topological polar surface area (TPSA) is 80.7 Å². The molecule has 0 aliphatic carbocycles. The molecule has 7 heteroatoms. The monoisotopic (exact) mass is 305 g/mol. The van der Waals surface area contributed by atoms with Crippen molar-refractivity contribution in [1.82, 2.24) is 15.4 Å². The van der Waals surface area contributed by atoms with Gasteiger partial charge in [0, 0.05) is 26.2 Å². The number of aromatic nitrogens is 1. The second kappa shape index (κ2) is 6.76. The van der Waals surface area contributed by atoms with Gasteiger partial charge in [-0.2, -0.15) is 0 Å². The Morgan fingerprint density at radius 2 is 2.23 bits per heavy atom. The van der Waals surface area contributed by atoms with E-state index in [2.05, 4.69) is 15.4 Å². The Bertz CT molecular complexity index is 615. The molecule has 0 radical (unpaired) electrons. The van der Waals surface area contributed by atoms with Gasteiger partial charge in [0.2, 0.25) is 0 Å². The molecule has 2 aromatic rings. The number of amides is 1. The molecule has 1 amide bonds. The summed E-state index contributed by atoms with van der Waals surface area (Å²) in [5.41, 5.74) is 0.864. The van der Waals surface area contributed by atoms with Gasteiger partial charge in [-0.1, -0.05) is 5.16 Å². The number of furan rings is 1. The first kappa shape index (κ1) is 14.8. The summed E-state index contributed by atoms with van der Waals surface area (Å²) in [5, 5.41) is 6.83. The minimum Gasteiger partial charge on any atom is -0.463 e. The van der Waals surface area contributed by atoms with Gasteiger partial charge in [0.15, 0.2) is 11.5 Å². The molecule has 1 aliphatic heterocycles. The number of rotatable bonds is 5. The van der Waals surface area contributed by atoms with E-state index in [1.807, 2.05) is 0 Å². The molecule has 0 bridgehead atoms. The summed E-state index contributed by atoms with van der Waals surface area (Å²) in [4.78, 5) is 14.6. The van der Waals surface area contributed by atoms with E-state index in [4.69, 9.17) is 13.7 Å². The highest BCUT2D eigenvalue weighted by Crippen LogP contribution is 2.25. The number of nitrogens with one attached hydrogen (secondary N) is 1. The zero-order chi connectivity index (χ0) is 15.4. The van der Waals surface area contributed by atoms with Crippen molar-refractivity contribution in [2.75, 3.05) is 39.4 Å². The highest BCUT2D eigenvalue weighted by Gasteiger charge is 2.23. The SMILES string of the molecule is Cc1onc(-c2ccco2)c1C(=O)NCCN1CCOCC1. The zero-order valence-corrected chi connectivity index (χ0v) is 12.5. The fourth-order valence-corrected chi connectivity index (χ4v) is 2.46. The average Bonchev–Trinajstić information content (AvgIpc) is 3.17. The zero-order valence-electron chi connectivity index (χ0n) is 12.5. The molecule has 1 N–H and O–H groups in total. The van der Waals surface area contributed by atoms with Gasteiger partial charge in [-0.15, -0.1) is 0 Å². The first-order valence-corrected chi connectivity index (χ1v) is 7.34. The summed E-state index contributed by atoms with van der Waals surface area (Å²) in [6.45, 7) is 6.40. The van der Waals surface area contributed by atoms with E-state index in [0.717, 1.165) is 32.8 Å². The Balaban J connectivity index is 1.61. The van der Waals surface area contributed by atoms with Crippen LogP contribution in [-0.2, 0) is 4.74 Å². The molecular formula is C15H19N3O4. The lowest BCUT2D eigenvalue weighted by Gasteiger charge is -2.26. The van der Waals surface area contributed by atoms with Gasteiger partial charge in [0.25, 0.3) is 5.91 Å². The van der Waals surface area contributed by atoms with Crippen molar-refractivity contribution in [3.63, 3.8) is 0 Å². The van der Waals surface area contributed by atoms with E-state index in [9.17, 15) is 4.79 Å². The van der Waals surface area contributed by atoms with Gasteiger partial charge in [-0.05, 0) is 19.1 Å². The van der Waals surface area contributed by atoms with Crippen LogP contribution in [0.15, 0.2) is 27.3 Å². The van der Waals surface area contributed by atoms with Crippen LogP contribution in [0.5, 0.6) is 0 Å². The predicted molar refractivity (Wildman–Crippen MR) is 78.5 cm³/mol. The number of aryl methyl sites for hydroxylation is 1. The van der Waals surface area contributed by atoms with Crippen molar-refractivity contribution in [2.24, 2.45) is 0 Å². The lowest BCUT2D eigenvalue weighted by atomic mass is 10.1.